The van der Waals surface area contributed by atoms with E-state index in [0.29, 0.717) is 0 Å². The number of rotatable bonds is 12. The Morgan fingerprint density at radius 1 is 0.800 bits per heavy atom. The molecule has 0 fully saturated rings. The van der Waals surface area contributed by atoms with Gasteiger partial charge < -0.3 is 4.74 Å². The zero-order valence-corrected chi connectivity index (χ0v) is 14.5. The summed E-state index contributed by atoms with van der Waals surface area (Å²) >= 11 is 3.45. The van der Waals surface area contributed by atoms with E-state index in [4.69, 9.17) is 4.74 Å². The molecule has 1 nitrogen and oxygen atoms in total. The number of halogens is 1. The van der Waals surface area contributed by atoms with Crippen LogP contribution >= 0.6 is 15.9 Å². The van der Waals surface area contributed by atoms with Crippen molar-refractivity contribution in [2.75, 3.05) is 6.61 Å². The Morgan fingerprint density at radius 2 is 1.35 bits per heavy atom. The molecule has 0 aromatic heterocycles. The molecule has 0 amide bonds. The number of unbranched alkanes of at least 4 members (excludes halogenated alkanes) is 8. The Bertz CT molecular complexity index is 321. The Labute approximate surface area is 133 Å². The van der Waals surface area contributed by atoms with Crippen molar-refractivity contribution in [3.63, 3.8) is 0 Å². The van der Waals surface area contributed by atoms with Crippen molar-refractivity contribution >= 4 is 15.9 Å². The summed E-state index contributed by atoms with van der Waals surface area (Å²) in [4.78, 5) is 0. The number of benzene rings is 1. The number of hydrogen-bond donors (Lipinski definition) is 0. The lowest BCUT2D eigenvalue weighted by Gasteiger charge is -2.06. The van der Waals surface area contributed by atoms with Gasteiger partial charge in [0.15, 0.2) is 0 Å². The van der Waals surface area contributed by atoms with Gasteiger partial charge in [0.1, 0.15) is 5.75 Å². The van der Waals surface area contributed by atoms with Gasteiger partial charge in [-0.3, -0.25) is 0 Å². The third kappa shape index (κ3) is 8.63. The summed E-state index contributed by atoms with van der Waals surface area (Å²) in [7, 11) is 0. The van der Waals surface area contributed by atoms with Crippen LogP contribution in [-0.2, 0) is 5.33 Å². The fraction of sp³-hybridized carbons (Fsp3) is 0.667. The predicted molar refractivity (Wildman–Crippen MR) is 91.8 cm³/mol. The van der Waals surface area contributed by atoms with Gasteiger partial charge in [0.2, 0.25) is 0 Å². The molecule has 1 aromatic carbocycles. The fourth-order valence-electron chi connectivity index (χ4n) is 2.28. The van der Waals surface area contributed by atoms with Crippen molar-refractivity contribution in [1.29, 1.82) is 0 Å². The van der Waals surface area contributed by atoms with Gasteiger partial charge >= 0.3 is 0 Å². The van der Waals surface area contributed by atoms with Crippen LogP contribution < -0.4 is 4.74 Å². The van der Waals surface area contributed by atoms with Crippen molar-refractivity contribution in [3.05, 3.63) is 29.8 Å². The van der Waals surface area contributed by atoms with Gasteiger partial charge in [0.25, 0.3) is 0 Å². The van der Waals surface area contributed by atoms with E-state index >= 15 is 0 Å². The van der Waals surface area contributed by atoms with Crippen molar-refractivity contribution in [1.82, 2.24) is 0 Å². The molecule has 114 valence electrons. The maximum absolute atomic E-state index is 5.75. The first kappa shape index (κ1) is 17.6. The maximum atomic E-state index is 5.75. The molecule has 20 heavy (non-hydrogen) atoms. The molecule has 0 saturated heterocycles. The topological polar surface area (TPSA) is 9.23 Å². The lowest BCUT2D eigenvalue weighted by Crippen LogP contribution is -1.97. The van der Waals surface area contributed by atoms with E-state index < -0.39 is 0 Å². The number of alkyl halides is 1. The summed E-state index contributed by atoms with van der Waals surface area (Å²) in [6.07, 6.45) is 12.2. The number of ether oxygens (including phenoxy) is 1. The second-order valence-corrected chi connectivity index (χ2v) is 6.02. The van der Waals surface area contributed by atoms with Crippen LogP contribution in [0.4, 0.5) is 0 Å². The van der Waals surface area contributed by atoms with E-state index in [1.807, 2.05) is 0 Å². The average Bonchev–Trinajstić information content (AvgIpc) is 2.50. The van der Waals surface area contributed by atoms with E-state index in [2.05, 4.69) is 47.1 Å². The second kappa shape index (κ2) is 12.3. The molecule has 0 aliphatic rings. The van der Waals surface area contributed by atoms with Gasteiger partial charge in [-0.25, -0.2) is 0 Å². The summed E-state index contributed by atoms with van der Waals surface area (Å²) in [6, 6.07) is 8.34. The zero-order chi connectivity index (χ0) is 14.5. The Balaban J connectivity index is 1.91. The van der Waals surface area contributed by atoms with E-state index in [-0.39, 0.29) is 0 Å². The van der Waals surface area contributed by atoms with Gasteiger partial charge in [-0.05, 0) is 24.1 Å². The van der Waals surface area contributed by atoms with Gasteiger partial charge in [0.05, 0.1) is 6.61 Å². The molecular weight excluding hydrogens is 312 g/mol. The van der Waals surface area contributed by atoms with Crippen LogP contribution in [0.5, 0.6) is 5.75 Å². The molecule has 0 unspecified atom stereocenters. The van der Waals surface area contributed by atoms with E-state index in [9.17, 15) is 0 Å². The normalized spacial score (nSPS) is 10.7. The quantitative estimate of drug-likeness (QED) is 0.312. The van der Waals surface area contributed by atoms with Crippen molar-refractivity contribution in [2.24, 2.45) is 0 Å². The van der Waals surface area contributed by atoms with E-state index in [1.165, 1.54) is 63.4 Å². The monoisotopic (exact) mass is 340 g/mol. The second-order valence-electron chi connectivity index (χ2n) is 5.45. The first-order valence-corrected chi connectivity index (χ1v) is 9.26. The minimum Gasteiger partial charge on any atom is -0.494 e. The lowest BCUT2D eigenvalue weighted by molar-refractivity contribution is 0.304. The van der Waals surface area contributed by atoms with Crippen molar-refractivity contribution < 1.29 is 4.74 Å². The summed E-state index contributed by atoms with van der Waals surface area (Å²) in [6.45, 7) is 3.12. The third-order valence-corrected chi connectivity index (χ3v) is 4.24. The minimum absolute atomic E-state index is 0.851. The van der Waals surface area contributed by atoms with Crippen LogP contribution in [0.3, 0.4) is 0 Å². The molecule has 0 saturated carbocycles. The maximum Gasteiger partial charge on any atom is 0.119 e. The van der Waals surface area contributed by atoms with Crippen LogP contribution in [0.2, 0.25) is 0 Å². The first-order chi connectivity index (χ1) is 9.86. The minimum atomic E-state index is 0.851. The summed E-state index contributed by atoms with van der Waals surface area (Å²) < 4.78 is 5.75. The summed E-state index contributed by atoms with van der Waals surface area (Å²) in [5.74, 6) is 0.995. The summed E-state index contributed by atoms with van der Waals surface area (Å²) in [5.41, 5.74) is 1.29. The molecule has 0 aliphatic carbocycles. The predicted octanol–water partition coefficient (Wildman–Crippen LogP) is 6.49. The molecular formula is C18H29BrO. The molecule has 2 heteroatoms. The molecule has 0 aliphatic heterocycles. The van der Waals surface area contributed by atoms with Crippen LogP contribution in [0.15, 0.2) is 24.3 Å². The molecule has 0 atom stereocenters. The average molecular weight is 341 g/mol. The van der Waals surface area contributed by atoms with E-state index in [1.54, 1.807) is 0 Å². The highest BCUT2D eigenvalue weighted by Gasteiger charge is 1.96. The highest BCUT2D eigenvalue weighted by atomic mass is 79.9. The molecule has 0 heterocycles. The highest BCUT2D eigenvalue weighted by molar-refractivity contribution is 9.08. The molecule has 0 N–H and O–H groups in total. The Kier molecular flexibility index (Phi) is 10.8. The largest absolute Gasteiger partial charge is 0.494 e. The van der Waals surface area contributed by atoms with Crippen LogP contribution in [0.1, 0.15) is 70.3 Å². The van der Waals surface area contributed by atoms with E-state index in [0.717, 1.165) is 17.7 Å². The summed E-state index contributed by atoms with van der Waals surface area (Å²) in [5, 5.41) is 0.908. The number of hydrogen-bond acceptors (Lipinski definition) is 1. The first-order valence-electron chi connectivity index (χ1n) is 8.14. The van der Waals surface area contributed by atoms with Crippen LogP contribution in [-0.4, -0.2) is 6.61 Å². The van der Waals surface area contributed by atoms with Crippen molar-refractivity contribution in [2.45, 2.75) is 70.0 Å². The molecule has 0 spiro atoms. The molecule has 1 rings (SSSR count). The van der Waals surface area contributed by atoms with Crippen LogP contribution in [0, 0.1) is 0 Å². The third-order valence-electron chi connectivity index (χ3n) is 3.59. The Morgan fingerprint density at radius 3 is 1.90 bits per heavy atom. The van der Waals surface area contributed by atoms with Gasteiger partial charge in [-0.15, -0.1) is 0 Å². The SMILES string of the molecule is CCCCCCCCCCCOc1ccc(CBr)cc1. The Hall–Kier alpha value is -0.500. The smallest absolute Gasteiger partial charge is 0.119 e. The molecule has 0 bridgehead atoms. The fourth-order valence-corrected chi connectivity index (χ4v) is 2.65. The van der Waals surface area contributed by atoms with Gasteiger partial charge in [0, 0.05) is 5.33 Å². The van der Waals surface area contributed by atoms with Crippen molar-refractivity contribution in [3.8, 4) is 5.75 Å². The van der Waals surface area contributed by atoms with Crippen LogP contribution in [0.25, 0.3) is 0 Å². The van der Waals surface area contributed by atoms with Gasteiger partial charge in [-0.2, -0.15) is 0 Å². The molecule has 1 aromatic rings. The highest BCUT2D eigenvalue weighted by Crippen LogP contribution is 2.15. The standard InChI is InChI=1S/C18H29BrO/c1-2-3-4-5-6-7-8-9-10-15-20-18-13-11-17(16-19)12-14-18/h11-14H,2-10,15-16H2,1H3. The lowest BCUT2D eigenvalue weighted by atomic mass is 10.1. The zero-order valence-electron chi connectivity index (χ0n) is 12.9. The van der Waals surface area contributed by atoms with Gasteiger partial charge in [-0.1, -0.05) is 86.4 Å². The molecule has 0 radical (unpaired) electrons.